The first-order valence-corrected chi connectivity index (χ1v) is 7.74. The maximum atomic E-state index is 11.5. The van der Waals surface area contributed by atoms with E-state index in [-0.39, 0.29) is 5.91 Å². The molecule has 0 unspecified atom stereocenters. The second-order valence-electron chi connectivity index (χ2n) is 5.81. The summed E-state index contributed by atoms with van der Waals surface area (Å²) in [5.74, 6) is 0.435. The lowest BCUT2D eigenvalue weighted by Crippen LogP contribution is -2.25. The van der Waals surface area contributed by atoms with Crippen LogP contribution < -0.4 is 5.32 Å². The molecule has 1 N–H and O–H groups in total. The third-order valence-corrected chi connectivity index (χ3v) is 3.35. The molecule has 2 aromatic rings. The van der Waals surface area contributed by atoms with Gasteiger partial charge in [0.1, 0.15) is 0 Å². The predicted molar refractivity (Wildman–Crippen MR) is 93.8 cm³/mol. The highest BCUT2D eigenvalue weighted by Crippen LogP contribution is 2.16. The number of carbonyl (C=O) groups excluding carboxylic acids is 1. The minimum absolute atomic E-state index is 0.0379. The summed E-state index contributed by atoms with van der Waals surface area (Å²) < 4.78 is 0. The van der Waals surface area contributed by atoms with Crippen LogP contribution in [-0.2, 0) is 11.2 Å². The molecule has 22 heavy (non-hydrogen) atoms. The van der Waals surface area contributed by atoms with Crippen LogP contribution >= 0.6 is 0 Å². The van der Waals surface area contributed by atoms with E-state index in [1.165, 1.54) is 16.3 Å². The third-order valence-electron chi connectivity index (χ3n) is 3.35. The highest BCUT2D eigenvalue weighted by molar-refractivity contribution is 5.87. The lowest BCUT2D eigenvalue weighted by molar-refractivity contribution is -0.116. The van der Waals surface area contributed by atoms with E-state index in [1.54, 1.807) is 12.2 Å². The van der Waals surface area contributed by atoms with Crippen molar-refractivity contribution in [1.82, 2.24) is 5.32 Å². The summed E-state index contributed by atoms with van der Waals surface area (Å²) in [6, 6.07) is 14.9. The summed E-state index contributed by atoms with van der Waals surface area (Å²) in [5, 5.41) is 5.37. The van der Waals surface area contributed by atoms with Gasteiger partial charge >= 0.3 is 0 Å². The average molecular weight is 293 g/mol. The Balaban J connectivity index is 1.84. The highest BCUT2D eigenvalue weighted by Gasteiger charge is 1.96. The van der Waals surface area contributed by atoms with Gasteiger partial charge in [0.25, 0.3) is 0 Å². The standard InChI is InChI=1S/C20H23NO/c1-16(2)15-21-20(22)11-5-3-4-8-17-12-13-18-9-6-7-10-19(18)14-17/h3-7,9-14,16H,8,15H2,1-2H3,(H,21,22). The first-order chi connectivity index (χ1) is 10.6. The fourth-order valence-corrected chi connectivity index (χ4v) is 2.16. The Bertz CT molecular complexity index is 683. The smallest absolute Gasteiger partial charge is 0.243 e. The number of benzene rings is 2. The zero-order valence-corrected chi connectivity index (χ0v) is 13.3. The number of amides is 1. The first kappa shape index (κ1) is 16.0. The Labute approximate surface area is 132 Å². The van der Waals surface area contributed by atoms with Crippen molar-refractivity contribution in [3.63, 3.8) is 0 Å². The molecule has 0 fully saturated rings. The Morgan fingerprint density at radius 1 is 1.09 bits per heavy atom. The molecule has 0 saturated carbocycles. The van der Waals surface area contributed by atoms with Crippen molar-refractivity contribution in [2.45, 2.75) is 20.3 Å². The van der Waals surface area contributed by atoms with Gasteiger partial charge in [-0.3, -0.25) is 4.79 Å². The van der Waals surface area contributed by atoms with E-state index >= 15 is 0 Å². The maximum Gasteiger partial charge on any atom is 0.243 e. The van der Waals surface area contributed by atoms with Crippen LogP contribution in [0.4, 0.5) is 0 Å². The number of hydrogen-bond donors (Lipinski definition) is 1. The SMILES string of the molecule is CC(C)CNC(=O)C=CC=CCc1ccc2ccccc2c1. The molecule has 0 aliphatic rings. The number of fused-ring (bicyclic) bond motifs is 1. The summed E-state index contributed by atoms with van der Waals surface area (Å²) in [6.07, 6.45) is 8.21. The van der Waals surface area contributed by atoms with Gasteiger partial charge in [-0.1, -0.05) is 74.5 Å². The topological polar surface area (TPSA) is 29.1 Å². The molecule has 1 amide bonds. The van der Waals surface area contributed by atoms with Gasteiger partial charge in [0.05, 0.1) is 0 Å². The predicted octanol–water partition coefficient (Wildman–Crippen LogP) is 4.27. The van der Waals surface area contributed by atoms with Crippen LogP contribution in [-0.4, -0.2) is 12.5 Å². The van der Waals surface area contributed by atoms with Crippen molar-refractivity contribution in [1.29, 1.82) is 0 Å². The molecule has 0 saturated heterocycles. The highest BCUT2D eigenvalue weighted by atomic mass is 16.1. The van der Waals surface area contributed by atoms with Crippen LogP contribution in [0, 0.1) is 5.92 Å². The van der Waals surface area contributed by atoms with Crippen LogP contribution in [0.25, 0.3) is 10.8 Å². The van der Waals surface area contributed by atoms with Crippen LogP contribution in [0.5, 0.6) is 0 Å². The maximum absolute atomic E-state index is 11.5. The quantitative estimate of drug-likeness (QED) is 0.625. The molecule has 0 aliphatic heterocycles. The molecule has 2 heteroatoms. The van der Waals surface area contributed by atoms with Gasteiger partial charge in [-0.15, -0.1) is 0 Å². The van der Waals surface area contributed by atoms with Gasteiger partial charge < -0.3 is 5.32 Å². The fourth-order valence-electron chi connectivity index (χ4n) is 2.16. The van der Waals surface area contributed by atoms with Crippen molar-refractivity contribution in [2.75, 3.05) is 6.54 Å². The molecule has 0 heterocycles. The second kappa shape index (κ2) is 8.18. The summed E-state index contributed by atoms with van der Waals surface area (Å²) in [7, 11) is 0. The fraction of sp³-hybridized carbons (Fsp3) is 0.250. The van der Waals surface area contributed by atoms with Crippen LogP contribution in [0.3, 0.4) is 0 Å². The van der Waals surface area contributed by atoms with Crippen molar-refractivity contribution in [3.05, 3.63) is 72.3 Å². The monoisotopic (exact) mass is 293 g/mol. The molecule has 2 nitrogen and oxygen atoms in total. The number of rotatable bonds is 6. The Kier molecular flexibility index (Phi) is 5.96. The molecule has 2 aromatic carbocycles. The minimum atomic E-state index is -0.0379. The number of carbonyl (C=O) groups is 1. The lowest BCUT2D eigenvalue weighted by Gasteiger charge is -2.03. The van der Waals surface area contributed by atoms with Gasteiger partial charge in [-0.05, 0) is 28.7 Å². The number of allylic oxidation sites excluding steroid dienone is 3. The molecule has 0 atom stereocenters. The molecule has 0 bridgehead atoms. The summed E-state index contributed by atoms with van der Waals surface area (Å²) in [4.78, 5) is 11.5. The van der Waals surface area contributed by atoms with E-state index in [4.69, 9.17) is 0 Å². The molecule has 0 spiro atoms. The molecule has 0 aliphatic carbocycles. The third kappa shape index (κ3) is 5.21. The normalized spacial score (nSPS) is 11.8. The molecule has 0 aromatic heterocycles. The van der Waals surface area contributed by atoms with E-state index in [2.05, 4.69) is 67.7 Å². The van der Waals surface area contributed by atoms with E-state index in [0.29, 0.717) is 12.5 Å². The molecule has 2 rings (SSSR count). The largest absolute Gasteiger partial charge is 0.352 e. The van der Waals surface area contributed by atoms with Gasteiger partial charge in [-0.2, -0.15) is 0 Å². The van der Waals surface area contributed by atoms with Gasteiger partial charge in [-0.25, -0.2) is 0 Å². The van der Waals surface area contributed by atoms with Gasteiger partial charge in [0, 0.05) is 12.6 Å². The van der Waals surface area contributed by atoms with E-state index in [9.17, 15) is 4.79 Å². The first-order valence-electron chi connectivity index (χ1n) is 7.74. The molecular formula is C20H23NO. The number of nitrogens with one attached hydrogen (secondary N) is 1. The minimum Gasteiger partial charge on any atom is -0.352 e. The zero-order chi connectivity index (χ0) is 15.8. The van der Waals surface area contributed by atoms with Gasteiger partial charge in [0.2, 0.25) is 5.91 Å². The van der Waals surface area contributed by atoms with E-state index in [1.807, 2.05) is 6.08 Å². The van der Waals surface area contributed by atoms with E-state index < -0.39 is 0 Å². The summed E-state index contributed by atoms with van der Waals surface area (Å²) in [6.45, 7) is 4.87. The lowest BCUT2D eigenvalue weighted by atomic mass is 10.1. The molecule has 114 valence electrons. The van der Waals surface area contributed by atoms with Crippen molar-refractivity contribution in [3.8, 4) is 0 Å². The summed E-state index contributed by atoms with van der Waals surface area (Å²) in [5.41, 5.74) is 1.27. The second-order valence-corrected chi connectivity index (χ2v) is 5.81. The van der Waals surface area contributed by atoms with Crippen LogP contribution in [0.15, 0.2) is 66.8 Å². The summed E-state index contributed by atoms with van der Waals surface area (Å²) >= 11 is 0. The van der Waals surface area contributed by atoms with Crippen molar-refractivity contribution in [2.24, 2.45) is 5.92 Å². The molecular weight excluding hydrogens is 270 g/mol. The average Bonchev–Trinajstić information content (AvgIpc) is 2.52. The molecule has 0 radical (unpaired) electrons. The Morgan fingerprint density at radius 3 is 2.64 bits per heavy atom. The number of hydrogen-bond acceptors (Lipinski definition) is 1. The van der Waals surface area contributed by atoms with Gasteiger partial charge in [0.15, 0.2) is 0 Å². The van der Waals surface area contributed by atoms with Crippen molar-refractivity contribution >= 4 is 16.7 Å². The Morgan fingerprint density at radius 2 is 1.86 bits per heavy atom. The van der Waals surface area contributed by atoms with Crippen molar-refractivity contribution < 1.29 is 4.79 Å². The van der Waals surface area contributed by atoms with Crippen LogP contribution in [0.1, 0.15) is 19.4 Å². The zero-order valence-electron chi connectivity index (χ0n) is 13.3. The van der Waals surface area contributed by atoms with Crippen LogP contribution in [0.2, 0.25) is 0 Å². The Hall–Kier alpha value is -2.35. The van der Waals surface area contributed by atoms with E-state index in [0.717, 1.165) is 6.42 Å².